The van der Waals surface area contributed by atoms with Crippen molar-refractivity contribution in [2.24, 2.45) is 0 Å². The SMILES string of the molecule is O=C(CN1CCC(NC(=O)OCC2c3ccccc3-c3ccccc32)CC1)NC1(C(=O)O)CC1. The summed E-state index contributed by atoms with van der Waals surface area (Å²) < 4.78 is 5.63. The van der Waals surface area contributed by atoms with Crippen LogP contribution in [0, 0.1) is 0 Å². The summed E-state index contributed by atoms with van der Waals surface area (Å²) in [6.07, 6.45) is 1.97. The average Bonchev–Trinajstić information content (AvgIpc) is 3.55. The van der Waals surface area contributed by atoms with E-state index in [9.17, 15) is 19.5 Å². The van der Waals surface area contributed by atoms with Crippen LogP contribution in [-0.4, -0.2) is 65.8 Å². The standard InChI is InChI=1S/C26H29N3O5/c30-23(28-26(11-12-26)24(31)32)15-29-13-9-17(10-14-29)27-25(33)34-16-22-20-7-3-1-5-18(20)19-6-2-4-8-21(19)22/h1-8,17,22H,9-16H2,(H,27,33)(H,28,30)(H,31,32). The number of hydrogen-bond acceptors (Lipinski definition) is 5. The first-order chi connectivity index (χ1) is 16.4. The quantitative estimate of drug-likeness (QED) is 0.583. The van der Waals surface area contributed by atoms with Gasteiger partial charge in [0.05, 0.1) is 6.54 Å². The molecule has 1 saturated heterocycles. The number of piperidine rings is 1. The van der Waals surface area contributed by atoms with Crippen LogP contribution in [0.3, 0.4) is 0 Å². The Hall–Kier alpha value is -3.39. The summed E-state index contributed by atoms with van der Waals surface area (Å²) >= 11 is 0. The summed E-state index contributed by atoms with van der Waals surface area (Å²) in [6.45, 7) is 1.76. The number of carboxylic acid groups (broad SMARTS) is 1. The van der Waals surface area contributed by atoms with Gasteiger partial charge in [-0.05, 0) is 47.9 Å². The van der Waals surface area contributed by atoms with Gasteiger partial charge >= 0.3 is 12.1 Å². The van der Waals surface area contributed by atoms with Crippen LogP contribution in [0.5, 0.6) is 0 Å². The smallest absolute Gasteiger partial charge is 0.407 e. The Morgan fingerprint density at radius 3 is 2.12 bits per heavy atom. The van der Waals surface area contributed by atoms with Crippen molar-refractivity contribution < 1.29 is 24.2 Å². The number of aliphatic carboxylic acids is 1. The Balaban J connectivity index is 1.08. The zero-order valence-corrected chi connectivity index (χ0v) is 19.0. The van der Waals surface area contributed by atoms with E-state index in [1.807, 2.05) is 29.2 Å². The summed E-state index contributed by atoms with van der Waals surface area (Å²) in [5.41, 5.74) is 3.69. The lowest BCUT2D eigenvalue weighted by atomic mass is 9.98. The van der Waals surface area contributed by atoms with Gasteiger partial charge in [0.15, 0.2) is 0 Å². The van der Waals surface area contributed by atoms with Gasteiger partial charge in [-0.1, -0.05) is 48.5 Å². The zero-order chi connectivity index (χ0) is 23.7. The molecule has 8 heteroatoms. The number of carboxylic acids is 1. The molecule has 0 aromatic heterocycles. The van der Waals surface area contributed by atoms with Crippen molar-refractivity contribution in [1.29, 1.82) is 0 Å². The minimum atomic E-state index is -1.05. The van der Waals surface area contributed by atoms with E-state index in [0.29, 0.717) is 38.8 Å². The van der Waals surface area contributed by atoms with Crippen molar-refractivity contribution in [2.75, 3.05) is 26.2 Å². The van der Waals surface area contributed by atoms with Crippen LogP contribution in [0.4, 0.5) is 4.79 Å². The molecule has 8 nitrogen and oxygen atoms in total. The van der Waals surface area contributed by atoms with Crippen molar-refractivity contribution in [2.45, 2.75) is 43.2 Å². The molecule has 0 bridgehead atoms. The van der Waals surface area contributed by atoms with Crippen molar-refractivity contribution >= 4 is 18.0 Å². The fraction of sp³-hybridized carbons (Fsp3) is 0.423. The molecule has 2 fully saturated rings. The number of benzene rings is 2. The van der Waals surface area contributed by atoms with E-state index in [2.05, 4.69) is 34.9 Å². The van der Waals surface area contributed by atoms with E-state index in [1.54, 1.807) is 0 Å². The molecule has 3 N–H and O–H groups in total. The Labute approximate surface area is 198 Å². The van der Waals surface area contributed by atoms with Gasteiger partial charge in [0.2, 0.25) is 5.91 Å². The Morgan fingerprint density at radius 1 is 0.971 bits per heavy atom. The molecule has 5 rings (SSSR count). The van der Waals surface area contributed by atoms with E-state index in [4.69, 9.17) is 4.74 Å². The van der Waals surface area contributed by atoms with Gasteiger partial charge in [0.25, 0.3) is 0 Å². The van der Waals surface area contributed by atoms with Gasteiger partial charge in [-0.2, -0.15) is 0 Å². The third-order valence-corrected chi connectivity index (χ3v) is 7.16. The van der Waals surface area contributed by atoms with Crippen LogP contribution in [0.15, 0.2) is 48.5 Å². The van der Waals surface area contributed by atoms with E-state index >= 15 is 0 Å². The minimum absolute atomic E-state index is 0.0104. The molecular formula is C26H29N3O5. The number of fused-ring (bicyclic) bond motifs is 3. The van der Waals surface area contributed by atoms with Gasteiger partial charge in [0.1, 0.15) is 12.1 Å². The Morgan fingerprint density at radius 2 is 1.56 bits per heavy atom. The molecule has 178 valence electrons. The van der Waals surface area contributed by atoms with Gasteiger partial charge in [-0.3, -0.25) is 9.69 Å². The van der Waals surface area contributed by atoms with Crippen LogP contribution in [0.2, 0.25) is 0 Å². The zero-order valence-electron chi connectivity index (χ0n) is 19.0. The monoisotopic (exact) mass is 463 g/mol. The van der Waals surface area contributed by atoms with E-state index in [1.165, 1.54) is 22.3 Å². The molecule has 0 spiro atoms. The van der Waals surface area contributed by atoms with Crippen LogP contribution in [-0.2, 0) is 14.3 Å². The summed E-state index contributed by atoms with van der Waals surface area (Å²) in [6, 6.07) is 16.5. The number of amides is 2. The minimum Gasteiger partial charge on any atom is -0.480 e. The number of carbonyl (C=O) groups excluding carboxylic acids is 2. The highest BCUT2D eigenvalue weighted by atomic mass is 16.5. The summed E-state index contributed by atoms with van der Waals surface area (Å²) in [5.74, 6) is -1.20. The maximum atomic E-state index is 12.5. The maximum Gasteiger partial charge on any atom is 0.407 e. The molecule has 0 atom stereocenters. The fourth-order valence-corrected chi connectivity index (χ4v) is 5.07. The predicted octanol–water partition coefficient (Wildman–Crippen LogP) is 2.72. The number of carbonyl (C=O) groups is 3. The molecule has 1 aliphatic heterocycles. The van der Waals surface area contributed by atoms with E-state index in [0.717, 1.165) is 0 Å². The second-order valence-corrected chi connectivity index (χ2v) is 9.46. The lowest BCUT2D eigenvalue weighted by Crippen LogP contribution is -2.50. The number of alkyl carbamates (subject to hydrolysis) is 1. The van der Waals surface area contributed by atoms with Gasteiger partial charge in [0, 0.05) is 25.0 Å². The first-order valence-corrected chi connectivity index (χ1v) is 11.8. The molecule has 34 heavy (non-hydrogen) atoms. The number of ether oxygens (including phenoxy) is 1. The number of likely N-dealkylation sites (tertiary alicyclic amines) is 1. The van der Waals surface area contributed by atoms with Crippen LogP contribution < -0.4 is 10.6 Å². The molecule has 0 unspecified atom stereocenters. The highest BCUT2D eigenvalue weighted by Crippen LogP contribution is 2.44. The maximum absolute atomic E-state index is 12.5. The Bertz CT molecular complexity index is 1060. The summed E-state index contributed by atoms with van der Waals surface area (Å²) in [5, 5.41) is 14.8. The number of hydrogen-bond donors (Lipinski definition) is 3. The van der Waals surface area contributed by atoms with Gasteiger partial charge in [-0.25, -0.2) is 9.59 Å². The number of nitrogens with one attached hydrogen (secondary N) is 2. The normalized spacial score (nSPS) is 19.1. The van der Waals surface area contributed by atoms with Gasteiger partial charge in [-0.15, -0.1) is 0 Å². The predicted molar refractivity (Wildman–Crippen MR) is 125 cm³/mol. The van der Waals surface area contributed by atoms with Crippen molar-refractivity contribution in [3.63, 3.8) is 0 Å². The summed E-state index contributed by atoms with van der Waals surface area (Å²) in [4.78, 5) is 37.9. The van der Waals surface area contributed by atoms with Gasteiger partial charge < -0.3 is 20.5 Å². The molecule has 2 aliphatic carbocycles. The topological polar surface area (TPSA) is 108 Å². The number of nitrogens with zero attached hydrogens (tertiary/aromatic N) is 1. The molecule has 1 heterocycles. The largest absolute Gasteiger partial charge is 0.480 e. The summed E-state index contributed by atoms with van der Waals surface area (Å²) in [7, 11) is 0. The molecule has 0 radical (unpaired) electrons. The van der Waals surface area contributed by atoms with E-state index < -0.39 is 17.6 Å². The molecule has 2 amide bonds. The van der Waals surface area contributed by atoms with Crippen molar-refractivity contribution in [3.8, 4) is 11.1 Å². The lowest BCUT2D eigenvalue weighted by molar-refractivity contribution is -0.143. The second kappa shape index (κ2) is 9.10. The van der Waals surface area contributed by atoms with Crippen LogP contribution in [0.25, 0.3) is 11.1 Å². The average molecular weight is 464 g/mol. The highest BCUT2D eigenvalue weighted by molar-refractivity contribution is 5.90. The van der Waals surface area contributed by atoms with Crippen LogP contribution in [0.1, 0.15) is 42.7 Å². The first kappa shape index (κ1) is 22.4. The van der Waals surface area contributed by atoms with Crippen molar-refractivity contribution in [3.05, 3.63) is 59.7 Å². The fourth-order valence-electron chi connectivity index (χ4n) is 5.07. The molecule has 1 saturated carbocycles. The second-order valence-electron chi connectivity index (χ2n) is 9.46. The molecule has 2 aromatic carbocycles. The third kappa shape index (κ3) is 4.50. The molecular weight excluding hydrogens is 434 g/mol. The van der Waals surface area contributed by atoms with Crippen LogP contribution >= 0.6 is 0 Å². The third-order valence-electron chi connectivity index (χ3n) is 7.16. The Kier molecular flexibility index (Phi) is 6.00. The first-order valence-electron chi connectivity index (χ1n) is 11.8. The van der Waals surface area contributed by atoms with E-state index in [-0.39, 0.29) is 31.0 Å². The highest BCUT2D eigenvalue weighted by Gasteiger charge is 2.51. The number of rotatable bonds is 7. The van der Waals surface area contributed by atoms with Crippen molar-refractivity contribution in [1.82, 2.24) is 15.5 Å². The molecule has 2 aromatic rings. The molecule has 3 aliphatic rings. The lowest BCUT2D eigenvalue weighted by Gasteiger charge is -2.32.